The Balaban J connectivity index is 2.46. The highest BCUT2D eigenvalue weighted by molar-refractivity contribution is 7.18. The molecule has 0 aromatic carbocycles. The average molecular weight is 296 g/mol. The van der Waals surface area contributed by atoms with Crippen molar-refractivity contribution in [1.29, 1.82) is 0 Å². The van der Waals surface area contributed by atoms with Crippen LogP contribution in [0.2, 0.25) is 0 Å². The van der Waals surface area contributed by atoms with Gasteiger partial charge in [0, 0.05) is 21.3 Å². The van der Waals surface area contributed by atoms with Gasteiger partial charge in [0.05, 0.1) is 41.8 Å². The molecule has 2 aromatic heterocycles. The normalized spacial score (nSPS) is 11.4. The van der Waals surface area contributed by atoms with E-state index >= 15 is 0 Å². The van der Waals surface area contributed by atoms with Gasteiger partial charge in [-0.05, 0) is 6.92 Å². The summed E-state index contributed by atoms with van der Waals surface area (Å²) >= 11 is 1.56. The van der Waals surface area contributed by atoms with Crippen molar-refractivity contribution < 1.29 is 9.47 Å². The maximum atomic E-state index is 6.11. The maximum absolute atomic E-state index is 6.11. The third kappa shape index (κ3) is 2.84. The Hall–Kier alpha value is -1.44. The van der Waals surface area contributed by atoms with Crippen LogP contribution in [-0.4, -0.2) is 50.5 Å². The zero-order chi connectivity index (χ0) is 14.7. The summed E-state index contributed by atoms with van der Waals surface area (Å²) in [5, 5.41) is 0.975. The predicted molar refractivity (Wildman–Crippen MR) is 82.5 cm³/mol. The van der Waals surface area contributed by atoms with E-state index in [0.717, 1.165) is 21.0 Å². The van der Waals surface area contributed by atoms with Crippen LogP contribution in [0.3, 0.4) is 0 Å². The number of pyridine rings is 1. The second-order valence-electron chi connectivity index (χ2n) is 4.62. The first-order valence-electron chi connectivity index (χ1n) is 6.30. The van der Waals surface area contributed by atoms with Crippen molar-refractivity contribution in [2.24, 2.45) is 0 Å². The molecule has 0 bridgehead atoms. The first-order chi connectivity index (χ1) is 9.58. The SMILES string of the molecule is COCC(COC)N(C)c1c(N)cnc2sc(C)nc12. The lowest BCUT2D eigenvalue weighted by Crippen LogP contribution is -2.39. The van der Waals surface area contributed by atoms with E-state index in [1.165, 1.54) is 0 Å². The average Bonchev–Trinajstić information content (AvgIpc) is 2.78. The van der Waals surface area contributed by atoms with E-state index in [1.807, 2.05) is 14.0 Å². The molecule has 2 heterocycles. The minimum atomic E-state index is 0.0694. The maximum Gasteiger partial charge on any atom is 0.145 e. The molecule has 110 valence electrons. The highest BCUT2D eigenvalue weighted by Gasteiger charge is 2.21. The topological polar surface area (TPSA) is 73.5 Å². The van der Waals surface area contributed by atoms with Crippen LogP contribution >= 0.6 is 11.3 Å². The molecule has 0 spiro atoms. The van der Waals surface area contributed by atoms with Gasteiger partial charge in [-0.2, -0.15) is 0 Å². The van der Waals surface area contributed by atoms with Crippen molar-refractivity contribution in [1.82, 2.24) is 9.97 Å². The molecule has 0 radical (unpaired) electrons. The number of nitrogen functional groups attached to an aromatic ring is 1. The second kappa shape index (κ2) is 6.34. The van der Waals surface area contributed by atoms with Crippen LogP contribution in [0.5, 0.6) is 0 Å². The Morgan fingerprint density at radius 1 is 1.35 bits per heavy atom. The van der Waals surface area contributed by atoms with Crippen LogP contribution in [-0.2, 0) is 9.47 Å². The molecule has 0 atom stereocenters. The third-order valence-corrected chi connectivity index (χ3v) is 4.03. The quantitative estimate of drug-likeness (QED) is 0.874. The molecule has 20 heavy (non-hydrogen) atoms. The van der Waals surface area contributed by atoms with Crippen molar-refractivity contribution in [2.45, 2.75) is 13.0 Å². The predicted octanol–water partition coefficient (Wildman–Crippen LogP) is 1.68. The second-order valence-corrected chi connectivity index (χ2v) is 5.81. The number of likely N-dealkylation sites (N-methyl/N-ethyl adjacent to an activating group) is 1. The molecule has 0 amide bonds. The van der Waals surface area contributed by atoms with Crippen LogP contribution in [0, 0.1) is 6.92 Å². The van der Waals surface area contributed by atoms with E-state index in [0.29, 0.717) is 18.9 Å². The van der Waals surface area contributed by atoms with Gasteiger partial charge in [-0.1, -0.05) is 11.3 Å². The van der Waals surface area contributed by atoms with E-state index < -0.39 is 0 Å². The van der Waals surface area contributed by atoms with Crippen molar-refractivity contribution >= 4 is 33.1 Å². The molecule has 2 N–H and O–H groups in total. The van der Waals surface area contributed by atoms with Gasteiger partial charge in [0.25, 0.3) is 0 Å². The van der Waals surface area contributed by atoms with Gasteiger partial charge in [0.1, 0.15) is 10.3 Å². The number of nitrogens with zero attached hydrogens (tertiary/aromatic N) is 3. The molecule has 2 aromatic rings. The Morgan fingerprint density at radius 3 is 2.60 bits per heavy atom. The molecule has 0 saturated heterocycles. The van der Waals surface area contributed by atoms with Gasteiger partial charge in [-0.25, -0.2) is 9.97 Å². The summed E-state index contributed by atoms with van der Waals surface area (Å²) in [6.45, 7) is 3.07. The van der Waals surface area contributed by atoms with Crippen LogP contribution in [0.1, 0.15) is 5.01 Å². The fourth-order valence-electron chi connectivity index (χ4n) is 2.19. The lowest BCUT2D eigenvalue weighted by molar-refractivity contribution is 0.117. The lowest BCUT2D eigenvalue weighted by Gasteiger charge is -2.29. The van der Waals surface area contributed by atoms with E-state index in [9.17, 15) is 0 Å². The lowest BCUT2D eigenvalue weighted by atomic mass is 10.2. The van der Waals surface area contributed by atoms with Crippen molar-refractivity contribution in [3.05, 3.63) is 11.2 Å². The summed E-state index contributed by atoms with van der Waals surface area (Å²) in [4.78, 5) is 11.8. The number of rotatable bonds is 6. The molecule has 0 fully saturated rings. The fourth-order valence-corrected chi connectivity index (χ4v) is 2.95. The zero-order valence-corrected chi connectivity index (χ0v) is 13.0. The van der Waals surface area contributed by atoms with Gasteiger partial charge >= 0.3 is 0 Å². The van der Waals surface area contributed by atoms with E-state index in [-0.39, 0.29) is 6.04 Å². The minimum Gasteiger partial charge on any atom is -0.396 e. The number of ether oxygens (including phenoxy) is 2. The molecule has 0 aliphatic rings. The molecule has 0 unspecified atom stereocenters. The summed E-state index contributed by atoms with van der Waals surface area (Å²) in [5.41, 5.74) is 8.45. The van der Waals surface area contributed by atoms with Crippen LogP contribution in [0.4, 0.5) is 11.4 Å². The largest absolute Gasteiger partial charge is 0.396 e. The fraction of sp³-hybridized carbons (Fsp3) is 0.538. The number of nitrogens with two attached hydrogens (primary N) is 1. The number of thiazole rings is 1. The van der Waals surface area contributed by atoms with Gasteiger partial charge < -0.3 is 20.1 Å². The first-order valence-corrected chi connectivity index (χ1v) is 7.12. The molecule has 0 saturated carbocycles. The molecular formula is C13H20N4O2S. The monoisotopic (exact) mass is 296 g/mol. The van der Waals surface area contributed by atoms with Crippen LogP contribution in [0.25, 0.3) is 10.3 Å². The number of aryl methyl sites for hydroxylation is 1. The zero-order valence-electron chi connectivity index (χ0n) is 12.2. The van der Waals surface area contributed by atoms with Gasteiger partial charge in [0.15, 0.2) is 0 Å². The van der Waals surface area contributed by atoms with Crippen molar-refractivity contribution in [3.8, 4) is 0 Å². The molecule has 6 nitrogen and oxygen atoms in total. The van der Waals surface area contributed by atoms with Crippen molar-refractivity contribution in [3.63, 3.8) is 0 Å². The minimum absolute atomic E-state index is 0.0694. The van der Waals surface area contributed by atoms with Gasteiger partial charge in [-0.15, -0.1) is 0 Å². The van der Waals surface area contributed by atoms with Crippen molar-refractivity contribution in [2.75, 3.05) is 45.1 Å². The molecule has 2 rings (SSSR count). The molecular weight excluding hydrogens is 276 g/mol. The number of hydrogen-bond acceptors (Lipinski definition) is 7. The number of methoxy groups -OCH3 is 2. The number of aromatic nitrogens is 2. The highest BCUT2D eigenvalue weighted by atomic mass is 32.1. The smallest absolute Gasteiger partial charge is 0.145 e. The number of hydrogen-bond donors (Lipinski definition) is 1. The Morgan fingerprint density at radius 2 is 2.00 bits per heavy atom. The van der Waals surface area contributed by atoms with E-state index in [2.05, 4.69) is 14.9 Å². The van der Waals surface area contributed by atoms with Crippen LogP contribution in [0.15, 0.2) is 6.20 Å². The summed E-state index contributed by atoms with van der Waals surface area (Å²) in [7, 11) is 5.33. The molecule has 7 heteroatoms. The molecule has 0 aliphatic heterocycles. The molecule has 0 aliphatic carbocycles. The standard InChI is InChI=1S/C13H20N4O2S/c1-8-16-11-12(10(14)5-15-13(11)20-8)17(2)9(6-18-3)7-19-4/h5,9H,6-7,14H2,1-4H3. The Labute approximate surface area is 122 Å². The Bertz CT molecular complexity index is 581. The first kappa shape index (κ1) is 15.0. The summed E-state index contributed by atoms with van der Waals surface area (Å²) < 4.78 is 10.5. The Kier molecular flexibility index (Phi) is 4.74. The van der Waals surface area contributed by atoms with E-state index in [1.54, 1.807) is 31.8 Å². The van der Waals surface area contributed by atoms with Crippen LogP contribution < -0.4 is 10.6 Å². The third-order valence-electron chi connectivity index (χ3n) is 3.15. The summed E-state index contributed by atoms with van der Waals surface area (Å²) in [6, 6.07) is 0.0694. The van der Waals surface area contributed by atoms with Gasteiger partial charge in [-0.3, -0.25) is 0 Å². The number of fused-ring (bicyclic) bond motifs is 1. The van der Waals surface area contributed by atoms with Gasteiger partial charge in [0.2, 0.25) is 0 Å². The van der Waals surface area contributed by atoms with E-state index in [4.69, 9.17) is 15.2 Å². The summed E-state index contributed by atoms with van der Waals surface area (Å²) in [5.74, 6) is 0. The number of anilines is 2. The summed E-state index contributed by atoms with van der Waals surface area (Å²) in [6.07, 6.45) is 1.68. The highest BCUT2D eigenvalue weighted by Crippen LogP contribution is 2.33.